The number of aromatic nitrogens is 2. The van der Waals surface area contributed by atoms with E-state index in [0.717, 1.165) is 0 Å². The van der Waals surface area contributed by atoms with Crippen LogP contribution in [0.25, 0.3) is 0 Å². The highest BCUT2D eigenvalue weighted by Crippen LogP contribution is 1.96. The Morgan fingerprint density at radius 1 is 1.55 bits per heavy atom. The fourth-order valence-electron chi connectivity index (χ4n) is 0.835. The van der Waals surface area contributed by atoms with Crippen LogP contribution in [0.15, 0.2) is 16.9 Å². The van der Waals surface area contributed by atoms with E-state index in [-0.39, 0.29) is 11.6 Å². The van der Waals surface area contributed by atoms with Crippen LogP contribution < -0.4 is 5.56 Å². The molecule has 1 aromatic heterocycles. The fourth-order valence-corrected chi connectivity index (χ4v) is 0.835. The largest absolute Gasteiger partial charge is 0.268 e. The molecule has 0 unspecified atom stereocenters. The molecule has 0 atom stereocenters. The van der Waals surface area contributed by atoms with Crippen molar-refractivity contribution in [3.63, 3.8) is 0 Å². The lowest BCUT2D eigenvalue weighted by Gasteiger charge is -2.07. The van der Waals surface area contributed by atoms with Crippen LogP contribution in [0.1, 0.15) is 25.6 Å². The third-order valence-corrected chi connectivity index (χ3v) is 1.37. The van der Waals surface area contributed by atoms with E-state index in [2.05, 4.69) is 12.0 Å². The van der Waals surface area contributed by atoms with Crippen molar-refractivity contribution in [2.75, 3.05) is 0 Å². The van der Waals surface area contributed by atoms with E-state index in [1.54, 1.807) is 6.07 Å². The van der Waals surface area contributed by atoms with Gasteiger partial charge in [-0.3, -0.25) is 4.79 Å². The van der Waals surface area contributed by atoms with E-state index in [1.165, 1.54) is 10.7 Å². The van der Waals surface area contributed by atoms with Crippen LogP contribution in [0, 0.1) is 6.92 Å². The third kappa shape index (κ3) is 1.67. The molecule has 0 N–H and O–H groups in total. The van der Waals surface area contributed by atoms with Gasteiger partial charge in [-0.2, -0.15) is 5.10 Å². The van der Waals surface area contributed by atoms with Crippen LogP contribution in [-0.4, -0.2) is 9.78 Å². The monoisotopic (exact) mass is 151 g/mol. The van der Waals surface area contributed by atoms with Gasteiger partial charge >= 0.3 is 0 Å². The summed E-state index contributed by atoms with van der Waals surface area (Å²) in [7, 11) is 0. The Hall–Kier alpha value is -1.12. The maximum atomic E-state index is 11.1. The summed E-state index contributed by atoms with van der Waals surface area (Å²) in [6, 6.07) is 3.19. The van der Waals surface area contributed by atoms with E-state index >= 15 is 0 Å². The lowest BCUT2D eigenvalue weighted by Crippen LogP contribution is -2.23. The zero-order valence-electron chi connectivity index (χ0n) is 6.74. The van der Waals surface area contributed by atoms with Crippen LogP contribution in [0.2, 0.25) is 0 Å². The molecular formula is C8H11N2O. The van der Waals surface area contributed by atoms with Crippen LogP contribution in [0.3, 0.4) is 0 Å². The van der Waals surface area contributed by atoms with Crippen molar-refractivity contribution in [1.82, 2.24) is 9.78 Å². The molecule has 1 radical (unpaired) electrons. The maximum Gasteiger partial charge on any atom is 0.266 e. The van der Waals surface area contributed by atoms with Crippen LogP contribution >= 0.6 is 0 Å². The van der Waals surface area contributed by atoms with E-state index in [1.807, 2.05) is 13.8 Å². The average Bonchev–Trinajstić information content (AvgIpc) is 1.94. The van der Waals surface area contributed by atoms with Crippen molar-refractivity contribution in [3.05, 3.63) is 35.1 Å². The Bertz CT molecular complexity index is 301. The molecule has 0 saturated heterocycles. The van der Waals surface area contributed by atoms with Gasteiger partial charge in [0, 0.05) is 6.07 Å². The van der Waals surface area contributed by atoms with Crippen molar-refractivity contribution in [2.45, 2.75) is 19.9 Å². The molecule has 0 aromatic carbocycles. The maximum absolute atomic E-state index is 11.1. The molecule has 0 aliphatic carbocycles. The minimum atomic E-state index is -0.0765. The van der Waals surface area contributed by atoms with Gasteiger partial charge < -0.3 is 0 Å². The van der Waals surface area contributed by atoms with Crippen molar-refractivity contribution >= 4 is 0 Å². The van der Waals surface area contributed by atoms with Gasteiger partial charge in [-0.15, -0.1) is 0 Å². The summed E-state index contributed by atoms with van der Waals surface area (Å²) < 4.78 is 1.42. The topological polar surface area (TPSA) is 34.9 Å². The lowest BCUT2D eigenvalue weighted by atomic mass is 10.4. The quantitative estimate of drug-likeness (QED) is 0.600. The number of hydrogen-bond acceptors (Lipinski definition) is 2. The van der Waals surface area contributed by atoms with Crippen molar-refractivity contribution in [3.8, 4) is 0 Å². The van der Waals surface area contributed by atoms with Crippen molar-refractivity contribution in [2.24, 2.45) is 0 Å². The SMILES string of the molecule is [CH2]c1ccc(=O)n(C(C)C)n1. The summed E-state index contributed by atoms with van der Waals surface area (Å²) in [6.45, 7) is 7.46. The summed E-state index contributed by atoms with van der Waals surface area (Å²) in [5.41, 5.74) is 0.547. The molecule has 0 aliphatic heterocycles. The first-order chi connectivity index (χ1) is 5.11. The third-order valence-electron chi connectivity index (χ3n) is 1.37. The Labute approximate surface area is 65.7 Å². The van der Waals surface area contributed by atoms with Gasteiger partial charge in [0.25, 0.3) is 5.56 Å². The fraction of sp³-hybridized carbons (Fsp3) is 0.375. The highest BCUT2D eigenvalue weighted by molar-refractivity contribution is 5.03. The van der Waals surface area contributed by atoms with Gasteiger partial charge in [0.15, 0.2) is 0 Å². The summed E-state index contributed by atoms with van der Waals surface area (Å²) in [5.74, 6) is 0. The molecule has 3 heteroatoms. The standard InChI is InChI=1S/C8H11N2O/c1-6(2)10-8(11)5-4-7(3)9-10/h4-6H,3H2,1-2H3. The smallest absolute Gasteiger partial charge is 0.266 e. The molecule has 1 heterocycles. The van der Waals surface area contributed by atoms with Gasteiger partial charge in [-0.05, 0) is 26.8 Å². The van der Waals surface area contributed by atoms with Gasteiger partial charge in [0.05, 0.1) is 11.7 Å². The second-order valence-corrected chi connectivity index (χ2v) is 2.70. The minimum absolute atomic E-state index is 0.0765. The normalized spacial score (nSPS) is 10.5. The van der Waals surface area contributed by atoms with Gasteiger partial charge in [-0.25, -0.2) is 4.68 Å². The highest BCUT2D eigenvalue weighted by atomic mass is 16.1. The Morgan fingerprint density at radius 3 is 2.64 bits per heavy atom. The number of rotatable bonds is 1. The first-order valence-electron chi connectivity index (χ1n) is 3.53. The second kappa shape index (κ2) is 2.86. The molecule has 0 aliphatic rings. The Morgan fingerprint density at radius 2 is 2.18 bits per heavy atom. The number of nitrogens with zero attached hydrogens (tertiary/aromatic N) is 2. The molecule has 0 amide bonds. The van der Waals surface area contributed by atoms with Crippen molar-refractivity contribution in [1.29, 1.82) is 0 Å². The van der Waals surface area contributed by atoms with E-state index < -0.39 is 0 Å². The molecule has 59 valence electrons. The molecule has 0 bridgehead atoms. The van der Waals surface area contributed by atoms with Gasteiger partial charge in [0.2, 0.25) is 0 Å². The lowest BCUT2D eigenvalue weighted by molar-refractivity contribution is 0.499. The summed E-state index contributed by atoms with van der Waals surface area (Å²) in [6.07, 6.45) is 0. The second-order valence-electron chi connectivity index (χ2n) is 2.70. The van der Waals surface area contributed by atoms with Gasteiger partial charge in [0.1, 0.15) is 0 Å². The molecule has 0 fully saturated rings. The average molecular weight is 151 g/mol. The van der Waals surface area contributed by atoms with Crippen LogP contribution in [0.5, 0.6) is 0 Å². The van der Waals surface area contributed by atoms with E-state index in [4.69, 9.17) is 0 Å². The van der Waals surface area contributed by atoms with Gasteiger partial charge in [-0.1, -0.05) is 0 Å². The van der Waals surface area contributed by atoms with E-state index in [9.17, 15) is 4.79 Å². The zero-order valence-corrected chi connectivity index (χ0v) is 6.74. The summed E-state index contributed by atoms with van der Waals surface area (Å²) in [4.78, 5) is 11.1. The molecule has 3 nitrogen and oxygen atoms in total. The molecule has 11 heavy (non-hydrogen) atoms. The predicted octanol–water partition coefficient (Wildman–Crippen LogP) is 1.01. The van der Waals surface area contributed by atoms with Crippen LogP contribution in [-0.2, 0) is 0 Å². The molecule has 1 aromatic rings. The minimum Gasteiger partial charge on any atom is -0.268 e. The highest BCUT2D eigenvalue weighted by Gasteiger charge is 2.00. The first kappa shape index (κ1) is 7.98. The van der Waals surface area contributed by atoms with E-state index in [0.29, 0.717) is 5.69 Å². The first-order valence-corrected chi connectivity index (χ1v) is 3.53. The molecule has 0 spiro atoms. The summed E-state index contributed by atoms with van der Waals surface area (Å²) in [5, 5.41) is 3.97. The number of hydrogen-bond donors (Lipinski definition) is 0. The Balaban J connectivity index is 3.24. The Kier molecular flexibility index (Phi) is 2.08. The predicted molar refractivity (Wildman–Crippen MR) is 43.3 cm³/mol. The molecule has 0 saturated carbocycles. The molecule has 1 rings (SSSR count). The van der Waals surface area contributed by atoms with Crippen molar-refractivity contribution < 1.29 is 0 Å². The zero-order chi connectivity index (χ0) is 8.43. The van der Waals surface area contributed by atoms with Crippen LogP contribution in [0.4, 0.5) is 0 Å². The summed E-state index contributed by atoms with van der Waals surface area (Å²) >= 11 is 0. The molecular weight excluding hydrogens is 140 g/mol.